The largest absolute Gasteiger partial charge is 0.378 e. The van der Waals surface area contributed by atoms with Crippen LogP contribution in [0, 0.1) is 25.7 Å². The number of benzene rings is 2. The summed E-state index contributed by atoms with van der Waals surface area (Å²) in [6, 6.07) is 17.0. The summed E-state index contributed by atoms with van der Waals surface area (Å²) in [7, 11) is -4.00. The fourth-order valence-corrected chi connectivity index (χ4v) is 7.35. The van der Waals surface area contributed by atoms with E-state index in [-0.39, 0.29) is 34.5 Å². The molecule has 2 aromatic carbocycles. The first-order valence-corrected chi connectivity index (χ1v) is 17.9. The Morgan fingerprint density at radius 3 is 2.12 bits per heavy atom. The number of nitrogens with one attached hydrogen (secondary N) is 1. The van der Waals surface area contributed by atoms with Crippen molar-refractivity contribution in [2.75, 3.05) is 26.3 Å². The highest BCUT2D eigenvalue weighted by atomic mass is 32.2. The summed E-state index contributed by atoms with van der Waals surface area (Å²) in [4.78, 5) is 50.5. The molecule has 0 radical (unpaired) electrons. The maximum Gasteiger partial charge on any atom is 0.294 e. The molecule has 1 aromatic heterocycles. The number of nitrogens with zero attached hydrogens (tertiary/aromatic N) is 3. The Hall–Kier alpha value is -4.13. The van der Waals surface area contributed by atoms with E-state index in [1.54, 1.807) is 28.0 Å². The van der Waals surface area contributed by atoms with Crippen LogP contribution >= 0.6 is 0 Å². The van der Waals surface area contributed by atoms with Crippen molar-refractivity contribution in [1.82, 2.24) is 20.1 Å². The van der Waals surface area contributed by atoms with Gasteiger partial charge in [-0.05, 0) is 67.9 Å². The molecular formula is C36H44N4O7S. The molecule has 0 saturated carbocycles. The second-order valence-electron chi connectivity index (χ2n) is 12.8. The molecule has 48 heavy (non-hydrogen) atoms. The summed E-state index contributed by atoms with van der Waals surface area (Å²) in [5.41, 5.74) is 4.65. The molecule has 11 nitrogen and oxygen atoms in total. The van der Waals surface area contributed by atoms with Crippen LogP contribution in [0.25, 0.3) is 0 Å². The second kappa shape index (κ2) is 15.0. The third-order valence-corrected chi connectivity index (χ3v) is 10.4. The molecule has 0 bridgehead atoms. The van der Waals surface area contributed by atoms with Crippen LogP contribution in [0.1, 0.15) is 54.4 Å². The Morgan fingerprint density at radius 2 is 1.58 bits per heavy atom. The van der Waals surface area contributed by atoms with Crippen molar-refractivity contribution in [3.05, 3.63) is 94.8 Å². The number of fused-ring (bicyclic) bond motifs is 1. The van der Waals surface area contributed by atoms with E-state index in [9.17, 15) is 22.8 Å². The molecule has 0 spiro atoms. The number of hydrogen-bond acceptors (Lipinski definition) is 7. The van der Waals surface area contributed by atoms with E-state index in [1.165, 1.54) is 23.3 Å². The molecule has 12 heteroatoms. The van der Waals surface area contributed by atoms with Gasteiger partial charge in [0, 0.05) is 30.0 Å². The molecule has 3 heterocycles. The van der Waals surface area contributed by atoms with Crippen molar-refractivity contribution >= 4 is 27.8 Å². The first-order chi connectivity index (χ1) is 22.9. The maximum atomic E-state index is 14.5. The third kappa shape index (κ3) is 7.61. The molecule has 6 rings (SSSR count). The molecule has 3 aromatic rings. The summed E-state index contributed by atoms with van der Waals surface area (Å²) in [6.45, 7) is 9.59. The normalized spacial score (nSPS) is 21.1. The van der Waals surface area contributed by atoms with Crippen LogP contribution < -0.4 is 5.32 Å². The number of amides is 3. The minimum Gasteiger partial charge on any atom is -0.378 e. The highest BCUT2D eigenvalue weighted by Gasteiger charge is 2.51. The number of hydrogen-bond donors (Lipinski definition) is 2. The third-order valence-electron chi connectivity index (χ3n) is 9.56. The van der Waals surface area contributed by atoms with Gasteiger partial charge in [-0.2, -0.15) is 8.42 Å². The van der Waals surface area contributed by atoms with E-state index in [2.05, 4.69) is 22.4 Å². The van der Waals surface area contributed by atoms with Gasteiger partial charge in [-0.15, -0.1) is 0 Å². The number of ether oxygens (including phenoxy) is 1. The molecule has 3 aliphatic rings. The molecule has 1 unspecified atom stereocenters. The summed E-state index contributed by atoms with van der Waals surface area (Å²) < 4.78 is 34.7. The minimum absolute atomic E-state index is 0.0550. The van der Waals surface area contributed by atoms with Gasteiger partial charge in [0.25, 0.3) is 10.1 Å². The van der Waals surface area contributed by atoms with E-state index in [4.69, 9.17) is 9.29 Å². The Kier molecular flexibility index (Phi) is 11.0. The quantitative estimate of drug-likeness (QED) is 0.361. The van der Waals surface area contributed by atoms with Gasteiger partial charge in [0.05, 0.1) is 18.1 Å². The average Bonchev–Trinajstić information content (AvgIpc) is 3.51. The van der Waals surface area contributed by atoms with Crippen molar-refractivity contribution in [2.45, 2.75) is 70.0 Å². The zero-order chi connectivity index (χ0) is 34.6. The summed E-state index contributed by atoms with van der Waals surface area (Å²) in [5, 5.41) is 3.10. The van der Waals surface area contributed by atoms with Crippen molar-refractivity contribution < 1.29 is 32.1 Å². The Morgan fingerprint density at radius 1 is 0.979 bits per heavy atom. The van der Waals surface area contributed by atoms with Crippen molar-refractivity contribution in [3.63, 3.8) is 0 Å². The van der Waals surface area contributed by atoms with E-state index in [0.717, 1.165) is 18.5 Å². The van der Waals surface area contributed by atoms with Crippen LogP contribution in [0.3, 0.4) is 0 Å². The Bertz CT molecular complexity index is 1720. The molecule has 1 aliphatic carbocycles. The highest BCUT2D eigenvalue weighted by Crippen LogP contribution is 2.37. The van der Waals surface area contributed by atoms with E-state index in [0.29, 0.717) is 44.0 Å². The first-order valence-electron chi connectivity index (χ1n) is 16.4. The Balaban J connectivity index is 0.000000387. The maximum absolute atomic E-state index is 14.5. The minimum atomic E-state index is -4.00. The first kappa shape index (κ1) is 35.2. The zero-order valence-electron chi connectivity index (χ0n) is 27.8. The van der Waals surface area contributed by atoms with Crippen molar-refractivity contribution in [3.8, 4) is 0 Å². The van der Waals surface area contributed by atoms with Crippen LogP contribution in [-0.2, 0) is 42.1 Å². The number of rotatable bonds is 7. The molecule has 4 atom stereocenters. The fourth-order valence-electron chi connectivity index (χ4n) is 6.85. The molecule has 256 valence electrons. The lowest BCUT2D eigenvalue weighted by Crippen LogP contribution is -2.68. The van der Waals surface area contributed by atoms with Crippen LogP contribution in [0.4, 0.5) is 0 Å². The number of piperazine rings is 1. The highest BCUT2D eigenvalue weighted by molar-refractivity contribution is 7.85. The van der Waals surface area contributed by atoms with Gasteiger partial charge in [0.15, 0.2) is 0 Å². The van der Waals surface area contributed by atoms with Gasteiger partial charge < -0.3 is 19.9 Å². The van der Waals surface area contributed by atoms with E-state index < -0.39 is 28.2 Å². The van der Waals surface area contributed by atoms with Crippen LogP contribution in [0.2, 0.25) is 0 Å². The topological polar surface area (TPSA) is 146 Å². The molecule has 2 N–H and O–H groups in total. The number of morpholine rings is 1. The van der Waals surface area contributed by atoms with Gasteiger partial charge in [-0.25, -0.2) is 0 Å². The van der Waals surface area contributed by atoms with Crippen LogP contribution in [0.5, 0.6) is 0 Å². The SMILES string of the molecule is CC[C@H](C)[C@@H]1C(=O)NC(C2Cc3ccccc3C2)C(=O)N1[C@H](C(=O)N1CCOCC1)c1ccc(C)nc1C.O=S(=O)(O)c1ccccc1. The lowest BCUT2D eigenvalue weighted by molar-refractivity contribution is -0.163. The number of aromatic nitrogens is 1. The molecule has 3 amide bonds. The van der Waals surface area contributed by atoms with E-state index in [1.807, 2.05) is 52.0 Å². The predicted molar refractivity (Wildman–Crippen MR) is 179 cm³/mol. The lowest BCUT2D eigenvalue weighted by atomic mass is 9.85. The molecular weight excluding hydrogens is 632 g/mol. The van der Waals surface area contributed by atoms with Gasteiger partial charge >= 0.3 is 0 Å². The number of pyridine rings is 1. The van der Waals surface area contributed by atoms with E-state index >= 15 is 0 Å². The smallest absolute Gasteiger partial charge is 0.294 e. The van der Waals surface area contributed by atoms with Gasteiger partial charge in [-0.1, -0.05) is 68.8 Å². The van der Waals surface area contributed by atoms with Crippen LogP contribution in [-0.4, -0.2) is 83.9 Å². The monoisotopic (exact) mass is 676 g/mol. The summed E-state index contributed by atoms with van der Waals surface area (Å²) >= 11 is 0. The van der Waals surface area contributed by atoms with Gasteiger partial charge in [0.1, 0.15) is 18.1 Å². The summed E-state index contributed by atoms with van der Waals surface area (Å²) in [5.74, 6) is -0.719. The lowest BCUT2D eigenvalue weighted by Gasteiger charge is -2.47. The number of aryl methyl sites for hydroxylation is 2. The fraction of sp³-hybridized carbons (Fsp3) is 0.444. The second-order valence-corrected chi connectivity index (χ2v) is 14.2. The zero-order valence-corrected chi connectivity index (χ0v) is 28.7. The molecule has 2 saturated heterocycles. The van der Waals surface area contributed by atoms with Crippen LogP contribution in [0.15, 0.2) is 71.6 Å². The summed E-state index contributed by atoms with van der Waals surface area (Å²) in [6.07, 6.45) is 2.15. The standard InChI is InChI=1S/C30H38N4O4.C6H6O3S/c1-5-18(2)26-28(35)32-25(23-16-21-8-6-7-9-22(21)17-23)29(36)34(26)27(24-11-10-19(3)31-20(24)4)30(37)33-12-14-38-15-13-33;7-10(8,9)6-4-2-1-3-5-6/h6-11,18,23,25-27H,5,12-17H2,1-4H3,(H,32,35);1-5H,(H,7,8,9)/t18-,25?,26+,27-;/m0./s1. The Labute approximate surface area is 282 Å². The average molecular weight is 677 g/mol. The number of carbonyl (C=O) groups excluding carboxylic acids is 3. The van der Waals surface area contributed by atoms with Crippen molar-refractivity contribution in [2.24, 2.45) is 11.8 Å². The van der Waals surface area contributed by atoms with Gasteiger partial charge in [-0.3, -0.25) is 23.9 Å². The molecule has 2 fully saturated rings. The number of carbonyl (C=O) groups is 3. The van der Waals surface area contributed by atoms with Gasteiger partial charge in [0.2, 0.25) is 17.7 Å². The van der Waals surface area contributed by atoms with Crippen molar-refractivity contribution in [1.29, 1.82) is 0 Å². The predicted octanol–water partition coefficient (Wildman–Crippen LogP) is 3.69. The molecule has 2 aliphatic heterocycles.